The average molecular weight is 538 g/mol. The summed E-state index contributed by atoms with van der Waals surface area (Å²) in [5.74, 6) is 1.54. The number of carbonyl (C=O) groups is 1. The molecule has 2 aliphatic heterocycles. The van der Waals surface area contributed by atoms with Gasteiger partial charge in [0.05, 0.1) is 18.8 Å². The van der Waals surface area contributed by atoms with Crippen LogP contribution in [0.4, 0.5) is 25.1 Å². The Morgan fingerprint density at radius 3 is 2.62 bits per heavy atom. The normalized spacial score (nSPS) is 21.2. The Kier molecular flexibility index (Phi) is 6.81. The zero-order chi connectivity index (χ0) is 27.3. The number of nitrogens with zero attached hydrogens (tertiary/aromatic N) is 6. The number of halogens is 2. The largest absolute Gasteiger partial charge is 0.341 e. The number of hydrogen-bond acceptors (Lipinski definition) is 4. The van der Waals surface area contributed by atoms with Crippen molar-refractivity contribution in [1.29, 1.82) is 0 Å². The lowest BCUT2D eigenvalue weighted by Crippen LogP contribution is -2.42. The van der Waals surface area contributed by atoms with Gasteiger partial charge in [-0.1, -0.05) is 6.92 Å². The molecule has 0 spiro atoms. The average Bonchev–Trinajstić information content (AvgIpc) is 3.55. The van der Waals surface area contributed by atoms with E-state index in [0.29, 0.717) is 36.8 Å². The maximum Gasteiger partial charge on any atom is 0.317 e. The topological polar surface area (TPSA) is 71.2 Å². The molecule has 0 radical (unpaired) electrons. The Morgan fingerprint density at radius 1 is 1.13 bits per heavy atom. The number of anilines is 2. The number of urea groups is 1. The first-order valence-corrected chi connectivity index (χ1v) is 14.1. The van der Waals surface area contributed by atoms with Crippen molar-refractivity contribution in [1.82, 2.24) is 29.8 Å². The minimum absolute atomic E-state index is 0.00945. The highest BCUT2D eigenvalue weighted by atomic mass is 19.3. The minimum atomic E-state index is -2.62. The number of rotatable bonds is 4. The van der Waals surface area contributed by atoms with E-state index in [1.54, 1.807) is 37.2 Å². The number of hydrogen-bond donors (Lipinski definition) is 1. The molecule has 1 N–H and O–H groups in total. The second kappa shape index (κ2) is 10.3. The fourth-order valence-electron chi connectivity index (χ4n) is 6.63. The van der Waals surface area contributed by atoms with Gasteiger partial charge in [0.15, 0.2) is 5.82 Å². The molecule has 8 nitrogen and oxygen atoms in total. The Bertz CT molecular complexity index is 1370. The van der Waals surface area contributed by atoms with Gasteiger partial charge >= 0.3 is 6.03 Å². The summed E-state index contributed by atoms with van der Waals surface area (Å²) in [6.45, 7) is 4.12. The van der Waals surface area contributed by atoms with Gasteiger partial charge in [0.2, 0.25) is 0 Å². The molecule has 0 bridgehead atoms. The summed E-state index contributed by atoms with van der Waals surface area (Å²) in [4.78, 5) is 16.5. The van der Waals surface area contributed by atoms with E-state index in [1.807, 2.05) is 11.0 Å². The van der Waals surface area contributed by atoms with Crippen LogP contribution in [-0.4, -0.2) is 50.6 Å². The highest BCUT2D eigenvalue weighted by Crippen LogP contribution is 2.44. The molecule has 2 amide bonds. The van der Waals surface area contributed by atoms with Gasteiger partial charge in [-0.05, 0) is 67.7 Å². The number of nitrogens with one attached hydrogen (secondary N) is 1. The number of alkyl halides is 2. The SMILES string of the molecule is CNC(=O)N1CCc2c(c(N3CCCc4cc(-c5cnn(C)c5)c(C(F)F)cc43)nn2[C@H]2CC[C@H](C)CC2)C1. The van der Waals surface area contributed by atoms with Crippen LogP contribution >= 0.6 is 0 Å². The summed E-state index contributed by atoms with van der Waals surface area (Å²) in [5, 5.41) is 12.2. The first-order valence-electron chi connectivity index (χ1n) is 14.1. The number of fused-ring (bicyclic) bond motifs is 2. The van der Waals surface area contributed by atoms with Crippen molar-refractivity contribution in [3.05, 3.63) is 46.9 Å². The standard InChI is InChI=1S/C29H37F2N7O/c1-18-6-8-21(9-7-18)38-25-10-12-36(29(39)32-2)17-24(25)28(34-38)37-11-4-5-19-13-22(20-15-33-35(3)16-20)23(27(30)31)14-26(19)37/h13-16,18,21,27H,4-12,17H2,1-3H3,(H,32,39)/t18-,21-. The molecule has 1 saturated carbocycles. The third-order valence-electron chi connectivity index (χ3n) is 8.77. The number of amides is 2. The van der Waals surface area contributed by atoms with Gasteiger partial charge in [0.1, 0.15) is 0 Å². The summed E-state index contributed by atoms with van der Waals surface area (Å²) in [5.41, 5.74) is 5.32. The van der Waals surface area contributed by atoms with Gasteiger partial charge in [0, 0.05) is 67.9 Å². The lowest BCUT2D eigenvalue weighted by atomic mass is 9.87. The first-order chi connectivity index (χ1) is 18.8. The van der Waals surface area contributed by atoms with Gasteiger partial charge in [0.25, 0.3) is 6.43 Å². The van der Waals surface area contributed by atoms with E-state index in [1.165, 1.54) is 18.5 Å². The van der Waals surface area contributed by atoms with Crippen molar-refractivity contribution in [2.75, 3.05) is 25.0 Å². The van der Waals surface area contributed by atoms with E-state index in [4.69, 9.17) is 5.10 Å². The Balaban J connectivity index is 1.45. The van der Waals surface area contributed by atoms with Crippen molar-refractivity contribution < 1.29 is 13.6 Å². The van der Waals surface area contributed by atoms with Gasteiger partial charge < -0.3 is 15.1 Å². The Morgan fingerprint density at radius 2 is 1.92 bits per heavy atom. The molecule has 2 aromatic heterocycles. The summed E-state index contributed by atoms with van der Waals surface area (Å²) >= 11 is 0. The molecule has 1 fully saturated rings. The molecule has 208 valence electrons. The smallest absolute Gasteiger partial charge is 0.317 e. The molecule has 10 heteroatoms. The zero-order valence-corrected chi connectivity index (χ0v) is 23.0. The number of carbonyl (C=O) groups excluding carboxylic acids is 1. The number of aromatic nitrogens is 4. The number of aryl methyl sites for hydroxylation is 2. The summed E-state index contributed by atoms with van der Waals surface area (Å²) < 4.78 is 32.7. The number of benzene rings is 1. The highest BCUT2D eigenvalue weighted by Gasteiger charge is 2.35. The van der Waals surface area contributed by atoms with E-state index in [2.05, 4.69) is 26.9 Å². The molecule has 0 atom stereocenters. The third-order valence-corrected chi connectivity index (χ3v) is 8.77. The van der Waals surface area contributed by atoms with E-state index in [0.717, 1.165) is 60.7 Å². The first kappa shape index (κ1) is 25.8. The van der Waals surface area contributed by atoms with Gasteiger partial charge in [-0.15, -0.1) is 0 Å². The highest BCUT2D eigenvalue weighted by molar-refractivity contribution is 5.78. The molecule has 4 heterocycles. The molecule has 3 aliphatic rings. The van der Waals surface area contributed by atoms with Crippen LogP contribution in [0.2, 0.25) is 0 Å². The molecule has 6 rings (SSSR count). The van der Waals surface area contributed by atoms with Gasteiger partial charge in [-0.25, -0.2) is 13.6 Å². The van der Waals surface area contributed by atoms with Crippen LogP contribution in [0.5, 0.6) is 0 Å². The maximum absolute atomic E-state index is 14.4. The molecule has 1 aliphatic carbocycles. The van der Waals surface area contributed by atoms with Crippen molar-refractivity contribution in [3.63, 3.8) is 0 Å². The monoisotopic (exact) mass is 537 g/mol. The molecular weight excluding hydrogens is 500 g/mol. The van der Waals surface area contributed by atoms with Crippen LogP contribution in [0.1, 0.15) is 73.9 Å². The van der Waals surface area contributed by atoms with Crippen LogP contribution in [0.25, 0.3) is 11.1 Å². The third kappa shape index (κ3) is 4.67. The Labute approximate surface area is 228 Å². The van der Waals surface area contributed by atoms with Crippen LogP contribution in [0.15, 0.2) is 24.5 Å². The van der Waals surface area contributed by atoms with Crippen molar-refractivity contribution in [2.24, 2.45) is 13.0 Å². The van der Waals surface area contributed by atoms with E-state index in [-0.39, 0.29) is 11.6 Å². The fourth-order valence-corrected chi connectivity index (χ4v) is 6.63. The van der Waals surface area contributed by atoms with Crippen LogP contribution in [0, 0.1) is 5.92 Å². The van der Waals surface area contributed by atoms with Crippen LogP contribution in [0.3, 0.4) is 0 Å². The maximum atomic E-state index is 14.4. The molecule has 1 aromatic carbocycles. The van der Waals surface area contributed by atoms with E-state index < -0.39 is 6.43 Å². The molecule has 0 saturated heterocycles. The predicted octanol–water partition coefficient (Wildman–Crippen LogP) is 5.75. The van der Waals surface area contributed by atoms with Crippen molar-refractivity contribution in [2.45, 2.75) is 70.9 Å². The lowest BCUT2D eigenvalue weighted by molar-refractivity contribution is 0.152. The second-order valence-corrected chi connectivity index (χ2v) is 11.4. The molecule has 39 heavy (non-hydrogen) atoms. The van der Waals surface area contributed by atoms with Crippen LogP contribution < -0.4 is 10.2 Å². The summed E-state index contributed by atoms with van der Waals surface area (Å²) in [6.07, 6.45) is 7.81. The molecular formula is C29H37F2N7O. The molecule has 0 unspecified atom stereocenters. The van der Waals surface area contributed by atoms with Gasteiger partial charge in [-0.3, -0.25) is 9.36 Å². The zero-order valence-electron chi connectivity index (χ0n) is 23.0. The van der Waals surface area contributed by atoms with E-state index >= 15 is 0 Å². The van der Waals surface area contributed by atoms with Crippen molar-refractivity contribution in [3.8, 4) is 11.1 Å². The van der Waals surface area contributed by atoms with E-state index in [9.17, 15) is 13.6 Å². The minimum Gasteiger partial charge on any atom is -0.341 e. The van der Waals surface area contributed by atoms with Gasteiger partial charge in [-0.2, -0.15) is 10.2 Å². The fraction of sp³-hybridized carbons (Fsp3) is 0.552. The summed E-state index contributed by atoms with van der Waals surface area (Å²) in [7, 11) is 3.44. The Hall–Kier alpha value is -3.43. The lowest BCUT2D eigenvalue weighted by Gasteiger charge is -2.33. The quantitative estimate of drug-likeness (QED) is 0.460. The summed E-state index contributed by atoms with van der Waals surface area (Å²) in [6, 6.07) is 3.81. The predicted molar refractivity (Wildman–Crippen MR) is 146 cm³/mol. The second-order valence-electron chi connectivity index (χ2n) is 11.4. The molecule has 3 aromatic rings. The van der Waals surface area contributed by atoms with Crippen molar-refractivity contribution >= 4 is 17.5 Å². The van der Waals surface area contributed by atoms with Crippen LogP contribution in [-0.2, 0) is 26.4 Å².